The summed E-state index contributed by atoms with van der Waals surface area (Å²) >= 11 is 0. The number of ether oxygens (including phenoxy) is 2. The fourth-order valence-corrected chi connectivity index (χ4v) is 1.66. The Morgan fingerprint density at radius 2 is 1.70 bits per heavy atom. The monoisotopic (exact) mass is 279 g/mol. The van der Waals surface area contributed by atoms with Crippen molar-refractivity contribution in [2.45, 2.75) is 58.7 Å². The molecule has 0 saturated heterocycles. The Hall–Kier alpha value is -1.06. The van der Waals surface area contributed by atoms with Gasteiger partial charge in [-0.2, -0.15) is 0 Å². The summed E-state index contributed by atoms with van der Waals surface area (Å²) in [5.41, 5.74) is 1.15. The molecule has 0 atom stereocenters. The quantitative estimate of drug-likeness (QED) is 0.824. The Balaban J connectivity index is 2.57. The van der Waals surface area contributed by atoms with Crippen molar-refractivity contribution in [1.29, 1.82) is 0 Å². The highest BCUT2D eigenvalue weighted by atomic mass is 16.5. The molecule has 1 aromatic rings. The summed E-state index contributed by atoms with van der Waals surface area (Å²) in [6.45, 7) is 12.1. The zero-order valence-electron chi connectivity index (χ0n) is 13.7. The van der Waals surface area contributed by atoms with Crippen LogP contribution in [0, 0.1) is 0 Å². The summed E-state index contributed by atoms with van der Waals surface area (Å²) < 4.78 is 11.3. The van der Waals surface area contributed by atoms with Gasteiger partial charge in [0.1, 0.15) is 5.75 Å². The van der Waals surface area contributed by atoms with E-state index in [1.165, 1.54) is 5.56 Å². The first-order valence-corrected chi connectivity index (χ1v) is 7.24. The van der Waals surface area contributed by atoms with Crippen molar-refractivity contribution in [3.05, 3.63) is 29.8 Å². The van der Waals surface area contributed by atoms with Crippen molar-refractivity contribution in [3.63, 3.8) is 0 Å². The minimum absolute atomic E-state index is 0.102. The van der Waals surface area contributed by atoms with E-state index >= 15 is 0 Å². The third-order valence-electron chi connectivity index (χ3n) is 3.30. The third kappa shape index (κ3) is 6.40. The molecular formula is C17H29NO2. The van der Waals surface area contributed by atoms with E-state index in [9.17, 15) is 0 Å². The number of hydrogen-bond acceptors (Lipinski definition) is 3. The van der Waals surface area contributed by atoms with Crippen molar-refractivity contribution < 1.29 is 9.47 Å². The Morgan fingerprint density at radius 1 is 1.05 bits per heavy atom. The maximum Gasteiger partial charge on any atom is 0.123 e. The van der Waals surface area contributed by atoms with Gasteiger partial charge in [-0.3, -0.25) is 0 Å². The number of rotatable bonds is 7. The highest BCUT2D eigenvalue weighted by Gasteiger charge is 2.16. The molecule has 114 valence electrons. The molecule has 0 fully saturated rings. The summed E-state index contributed by atoms with van der Waals surface area (Å²) in [6, 6.07) is 8.19. The molecule has 1 N–H and O–H groups in total. The molecule has 1 rings (SSSR count). The van der Waals surface area contributed by atoms with Crippen LogP contribution in [0.5, 0.6) is 5.75 Å². The van der Waals surface area contributed by atoms with Crippen LogP contribution in [0.3, 0.4) is 0 Å². The van der Waals surface area contributed by atoms with Gasteiger partial charge in [0.05, 0.1) is 12.2 Å². The number of benzene rings is 1. The van der Waals surface area contributed by atoms with Gasteiger partial charge in [0.25, 0.3) is 0 Å². The van der Waals surface area contributed by atoms with Gasteiger partial charge >= 0.3 is 0 Å². The fourth-order valence-electron chi connectivity index (χ4n) is 1.66. The normalized spacial score (nSPS) is 12.5. The van der Waals surface area contributed by atoms with E-state index < -0.39 is 0 Å². The smallest absolute Gasteiger partial charge is 0.123 e. The van der Waals surface area contributed by atoms with Gasteiger partial charge in [0.2, 0.25) is 0 Å². The Bertz CT molecular complexity index is 408. The van der Waals surface area contributed by atoms with E-state index in [1.54, 1.807) is 7.11 Å². The van der Waals surface area contributed by atoms with Crippen molar-refractivity contribution in [2.24, 2.45) is 0 Å². The minimum atomic E-state index is -0.140. The lowest BCUT2D eigenvalue weighted by Gasteiger charge is -2.24. The number of methoxy groups -OCH3 is 1. The van der Waals surface area contributed by atoms with E-state index in [2.05, 4.69) is 46.0 Å². The molecule has 0 aliphatic heterocycles. The van der Waals surface area contributed by atoms with Crippen LogP contribution < -0.4 is 10.1 Å². The SMILES string of the molecule is COC(C)(C)CCOc1ccccc1CNC(C)(C)C. The number of hydrogen-bond donors (Lipinski definition) is 1. The Morgan fingerprint density at radius 3 is 2.30 bits per heavy atom. The van der Waals surface area contributed by atoms with Crippen LogP contribution in [0.4, 0.5) is 0 Å². The molecule has 0 aliphatic carbocycles. The molecule has 20 heavy (non-hydrogen) atoms. The van der Waals surface area contributed by atoms with Gasteiger partial charge < -0.3 is 14.8 Å². The Kier molecular flexibility index (Phi) is 6.03. The second kappa shape index (κ2) is 7.09. The van der Waals surface area contributed by atoms with Crippen molar-refractivity contribution in [2.75, 3.05) is 13.7 Å². The highest BCUT2D eigenvalue weighted by molar-refractivity contribution is 5.33. The summed E-state index contributed by atoms with van der Waals surface area (Å²) in [5.74, 6) is 0.955. The van der Waals surface area contributed by atoms with Crippen LogP contribution in [0.25, 0.3) is 0 Å². The largest absolute Gasteiger partial charge is 0.493 e. The molecule has 0 radical (unpaired) electrons. The van der Waals surface area contributed by atoms with Gasteiger partial charge in [-0.25, -0.2) is 0 Å². The van der Waals surface area contributed by atoms with Crippen LogP contribution in [0.15, 0.2) is 24.3 Å². The van der Waals surface area contributed by atoms with Gasteiger partial charge in [0, 0.05) is 31.2 Å². The predicted octanol–water partition coefficient (Wildman–Crippen LogP) is 3.77. The predicted molar refractivity (Wildman–Crippen MR) is 84.2 cm³/mol. The van der Waals surface area contributed by atoms with Crippen LogP contribution >= 0.6 is 0 Å². The molecular weight excluding hydrogens is 250 g/mol. The summed E-state index contributed by atoms with van der Waals surface area (Å²) in [6.07, 6.45) is 0.866. The molecule has 0 aliphatic rings. The number of nitrogens with one attached hydrogen (secondary N) is 1. The molecule has 0 bridgehead atoms. The fraction of sp³-hybridized carbons (Fsp3) is 0.647. The van der Waals surface area contributed by atoms with Gasteiger partial charge in [-0.15, -0.1) is 0 Å². The van der Waals surface area contributed by atoms with Crippen LogP contribution in [0.1, 0.15) is 46.6 Å². The Labute approximate surface area is 123 Å². The van der Waals surface area contributed by atoms with Crippen LogP contribution in [0.2, 0.25) is 0 Å². The number of para-hydroxylation sites is 1. The lowest BCUT2D eigenvalue weighted by atomic mass is 10.1. The third-order valence-corrected chi connectivity index (χ3v) is 3.30. The van der Waals surface area contributed by atoms with E-state index in [0.717, 1.165) is 18.7 Å². The zero-order valence-corrected chi connectivity index (χ0v) is 13.7. The van der Waals surface area contributed by atoms with E-state index in [-0.39, 0.29) is 11.1 Å². The highest BCUT2D eigenvalue weighted by Crippen LogP contribution is 2.20. The maximum atomic E-state index is 5.92. The van der Waals surface area contributed by atoms with Crippen LogP contribution in [-0.4, -0.2) is 24.9 Å². The van der Waals surface area contributed by atoms with Crippen molar-refractivity contribution >= 4 is 0 Å². The average Bonchev–Trinajstić information content (AvgIpc) is 2.36. The molecule has 0 unspecified atom stereocenters. The van der Waals surface area contributed by atoms with Gasteiger partial charge in [-0.05, 0) is 40.7 Å². The summed E-state index contributed by atoms with van der Waals surface area (Å²) in [4.78, 5) is 0. The van der Waals surface area contributed by atoms with Crippen LogP contribution in [-0.2, 0) is 11.3 Å². The first kappa shape index (κ1) is 17.0. The molecule has 1 aromatic carbocycles. The lowest BCUT2D eigenvalue weighted by Crippen LogP contribution is -2.35. The second-order valence-corrected chi connectivity index (χ2v) is 6.77. The molecule has 0 saturated carbocycles. The molecule has 3 nitrogen and oxygen atoms in total. The molecule has 0 spiro atoms. The lowest BCUT2D eigenvalue weighted by molar-refractivity contribution is 0.00537. The summed E-state index contributed by atoms with van der Waals surface area (Å²) in [7, 11) is 1.74. The average molecular weight is 279 g/mol. The first-order valence-electron chi connectivity index (χ1n) is 7.24. The molecule has 0 amide bonds. The van der Waals surface area contributed by atoms with E-state index in [1.807, 2.05) is 18.2 Å². The molecule has 0 aromatic heterocycles. The molecule has 3 heteroatoms. The van der Waals surface area contributed by atoms with Gasteiger partial charge in [0.15, 0.2) is 0 Å². The maximum absolute atomic E-state index is 5.92. The standard InChI is InChI=1S/C17H29NO2/c1-16(2,3)18-13-14-9-7-8-10-15(14)20-12-11-17(4,5)19-6/h7-10,18H,11-13H2,1-6H3. The molecule has 0 heterocycles. The van der Waals surface area contributed by atoms with Gasteiger partial charge in [-0.1, -0.05) is 18.2 Å². The van der Waals surface area contributed by atoms with Crippen molar-refractivity contribution in [1.82, 2.24) is 5.32 Å². The zero-order chi connectivity index (χ0) is 15.2. The topological polar surface area (TPSA) is 30.5 Å². The van der Waals surface area contributed by atoms with Crippen molar-refractivity contribution in [3.8, 4) is 5.75 Å². The first-order chi connectivity index (χ1) is 9.23. The van der Waals surface area contributed by atoms with E-state index in [0.29, 0.717) is 6.61 Å². The second-order valence-electron chi connectivity index (χ2n) is 6.77. The minimum Gasteiger partial charge on any atom is -0.493 e. The van der Waals surface area contributed by atoms with E-state index in [4.69, 9.17) is 9.47 Å². The summed E-state index contributed by atoms with van der Waals surface area (Å²) in [5, 5.41) is 3.49.